The lowest BCUT2D eigenvalue weighted by molar-refractivity contribution is -0.121. The maximum absolute atomic E-state index is 13.0. The molecule has 186 valence electrons. The Morgan fingerprint density at radius 3 is 3.03 bits per heavy atom. The number of amides is 2. The molecule has 12 nitrogen and oxygen atoms in total. The third-order valence-electron chi connectivity index (χ3n) is 6.50. The number of carbonyl (C=O) groups excluding carboxylic acids is 2. The number of nitrogens with one attached hydrogen (secondary N) is 4. The molecule has 0 saturated carbocycles. The number of fused-ring (bicyclic) bond motifs is 2. The van der Waals surface area contributed by atoms with Crippen LogP contribution in [-0.4, -0.2) is 53.6 Å². The third kappa shape index (κ3) is 4.68. The van der Waals surface area contributed by atoms with E-state index in [0.717, 1.165) is 28.6 Å². The topological polar surface area (TPSA) is 167 Å². The molecule has 12 heteroatoms. The van der Waals surface area contributed by atoms with Gasteiger partial charge >= 0.3 is 0 Å². The number of aromatic nitrogens is 7. The summed E-state index contributed by atoms with van der Waals surface area (Å²) >= 11 is 0. The molecule has 5 aromatic rings. The largest absolute Gasteiger partial charge is 0.360 e. The second-order valence-electron chi connectivity index (χ2n) is 8.92. The van der Waals surface area contributed by atoms with Gasteiger partial charge in [-0.2, -0.15) is 5.21 Å². The summed E-state index contributed by atoms with van der Waals surface area (Å²) in [6, 6.07) is 10.9. The third-order valence-corrected chi connectivity index (χ3v) is 6.50. The van der Waals surface area contributed by atoms with Crippen molar-refractivity contribution in [3.8, 4) is 11.4 Å². The van der Waals surface area contributed by atoms with Crippen LogP contribution in [0.15, 0.2) is 53.3 Å². The SMILES string of the molecule is O=C(CCc1c[nH]c2ncccc12)NC1CCc2onc(C(=O)Nc3cccc(-c4nn[nH]n4)c3)c2C1. The fraction of sp³-hybridized carbons (Fsp3) is 0.240. The summed E-state index contributed by atoms with van der Waals surface area (Å²) in [6.07, 6.45) is 6.41. The number of rotatable bonds is 7. The van der Waals surface area contributed by atoms with Gasteiger partial charge in [0.25, 0.3) is 5.91 Å². The van der Waals surface area contributed by atoms with Gasteiger partial charge < -0.3 is 20.1 Å². The number of carbonyl (C=O) groups is 2. The molecule has 4 aromatic heterocycles. The van der Waals surface area contributed by atoms with Crippen LogP contribution >= 0.6 is 0 Å². The second kappa shape index (κ2) is 9.64. The Labute approximate surface area is 210 Å². The van der Waals surface area contributed by atoms with Crippen molar-refractivity contribution in [3.63, 3.8) is 0 Å². The Bertz CT molecular complexity index is 1570. The zero-order chi connectivity index (χ0) is 25.2. The van der Waals surface area contributed by atoms with Crippen LogP contribution in [0.25, 0.3) is 22.4 Å². The molecule has 1 aliphatic carbocycles. The first kappa shape index (κ1) is 22.6. The predicted molar refractivity (Wildman–Crippen MR) is 132 cm³/mol. The average molecular weight is 498 g/mol. The van der Waals surface area contributed by atoms with Crippen molar-refractivity contribution in [3.05, 3.63) is 71.4 Å². The molecule has 1 aliphatic rings. The number of anilines is 1. The lowest BCUT2D eigenvalue weighted by atomic mass is 9.91. The molecule has 1 atom stereocenters. The van der Waals surface area contributed by atoms with Crippen LogP contribution in [0.3, 0.4) is 0 Å². The number of aryl methyl sites for hydroxylation is 2. The van der Waals surface area contributed by atoms with Gasteiger partial charge in [-0.1, -0.05) is 17.3 Å². The Balaban J connectivity index is 1.09. The fourth-order valence-corrected chi connectivity index (χ4v) is 4.68. The van der Waals surface area contributed by atoms with E-state index in [1.54, 1.807) is 24.4 Å². The van der Waals surface area contributed by atoms with Crippen molar-refractivity contribution >= 4 is 28.5 Å². The molecule has 37 heavy (non-hydrogen) atoms. The van der Waals surface area contributed by atoms with E-state index in [1.165, 1.54) is 0 Å². The van der Waals surface area contributed by atoms with Crippen LogP contribution in [0, 0.1) is 0 Å². The fourth-order valence-electron chi connectivity index (χ4n) is 4.68. The van der Waals surface area contributed by atoms with Gasteiger partial charge in [0.2, 0.25) is 11.7 Å². The van der Waals surface area contributed by atoms with E-state index in [2.05, 4.69) is 46.4 Å². The molecule has 0 aliphatic heterocycles. The molecule has 0 saturated heterocycles. The summed E-state index contributed by atoms with van der Waals surface area (Å²) in [7, 11) is 0. The number of tetrazole rings is 1. The first-order valence-electron chi connectivity index (χ1n) is 12.0. The van der Waals surface area contributed by atoms with Crippen molar-refractivity contribution in [1.82, 2.24) is 41.1 Å². The number of benzene rings is 1. The Morgan fingerprint density at radius 2 is 2.14 bits per heavy atom. The maximum Gasteiger partial charge on any atom is 0.278 e. The van der Waals surface area contributed by atoms with Gasteiger partial charge in [0.15, 0.2) is 5.69 Å². The minimum Gasteiger partial charge on any atom is -0.360 e. The Morgan fingerprint density at radius 1 is 1.19 bits per heavy atom. The highest BCUT2D eigenvalue weighted by molar-refractivity contribution is 6.04. The number of aromatic amines is 2. The molecule has 0 fully saturated rings. The van der Waals surface area contributed by atoms with E-state index in [9.17, 15) is 9.59 Å². The normalized spacial score (nSPS) is 14.9. The highest BCUT2D eigenvalue weighted by atomic mass is 16.5. The van der Waals surface area contributed by atoms with Crippen molar-refractivity contribution in [2.45, 2.75) is 38.1 Å². The lowest BCUT2D eigenvalue weighted by Crippen LogP contribution is -2.39. The van der Waals surface area contributed by atoms with Gasteiger partial charge in [-0.05, 0) is 54.3 Å². The first-order valence-corrected chi connectivity index (χ1v) is 12.0. The van der Waals surface area contributed by atoms with Crippen molar-refractivity contribution in [2.24, 2.45) is 0 Å². The van der Waals surface area contributed by atoms with Gasteiger partial charge in [0.05, 0.1) is 0 Å². The van der Waals surface area contributed by atoms with Crippen LogP contribution in [0.4, 0.5) is 5.69 Å². The van der Waals surface area contributed by atoms with E-state index in [4.69, 9.17) is 4.52 Å². The average Bonchev–Trinajstić information content (AvgIpc) is 3.67. The summed E-state index contributed by atoms with van der Waals surface area (Å²) in [5, 5.41) is 24.9. The number of hydrogen-bond donors (Lipinski definition) is 4. The summed E-state index contributed by atoms with van der Waals surface area (Å²) in [6.45, 7) is 0. The molecule has 0 spiro atoms. The van der Waals surface area contributed by atoms with Gasteiger partial charge in [-0.15, -0.1) is 10.2 Å². The summed E-state index contributed by atoms with van der Waals surface area (Å²) in [5.74, 6) is 0.694. The molecule has 2 amide bonds. The van der Waals surface area contributed by atoms with E-state index >= 15 is 0 Å². The van der Waals surface area contributed by atoms with Crippen molar-refractivity contribution in [1.29, 1.82) is 0 Å². The van der Waals surface area contributed by atoms with E-state index < -0.39 is 0 Å². The Hall–Kier alpha value is -4.87. The smallest absolute Gasteiger partial charge is 0.278 e. The standard InChI is InChI=1S/C25H23N9O3/c35-21(9-6-15-13-27-24-18(15)5-2-10-26-24)28-17-7-8-20-19(12-17)22(32-37-20)25(36)29-16-4-1-3-14(11-16)23-30-33-34-31-23/h1-5,10-11,13,17H,6-9,12H2,(H,26,27)(H,28,35)(H,29,36)(H,30,31,33,34). The van der Waals surface area contributed by atoms with Crippen LogP contribution in [0.5, 0.6) is 0 Å². The number of nitrogens with zero attached hydrogens (tertiary/aromatic N) is 5. The van der Waals surface area contributed by atoms with Crippen molar-refractivity contribution < 1.29 is 14.1 Å². The van der Waals surface area contributed by atoms with E-state index in [1.807, 2.05) is 24.4 Å². The van der Waals surface area contributed by atoms with Gasteiger partial charge in [-0.3, -0.25) is 9.59 Å². The molecular formula is C25H23N9O3. The molecule has 0 radical (unpaired) electrons. The zero-order valence-corrected chi connectivity index (χ0v) is 19.7. The van der Waals surface area contributed by atoms with Crippen LogP contribution in [-0.2, 0) is 24.1 Å². The molecule has 6 rings (SSSR count). The minimum absolute atomic E-state index is 0.0348. The highest BCUT2D eigenvalue weighted by Gasteiger charge is 2.29. The number of pyridine rings is 1. The molecule has 0 bridgehead atoms. The quantitative estimate of drug-likeness (QED) is 0.266. The van der Waals surface area contributed by atoms with Crippen LogP contribution in [0.2, 0.25) is 0 Å². The molecular weight excluding hydrogens is 474 g/mol. The number of hydrogen-bond acceptors (Lipinski definition) is 8. The summed E-state index contributed by atoms with van der Waals surface area (Å²) < 4.78 is 5.45. The van der Waals surface area contributed by atoms with Crippen LogP contribution < -0.4 is 10.6 Å². The molecule has 1 unspecified atom stereocenters. The number of H-pyrrole nitrogens is 2. The minimum atomic E-state index is -0.379. The van der Waals surface area contributed by atoms with Crippen LogP contribution in [0.1, 0.15) is 40.2 Å². The molecule has 4 N–H and O–H groups in total. The zero-order valence-electron chi connectivity index (χ0n) is 19.7. The summed E-state index contributed by atoms with van der Waals surface area (Å²) in [5.41, 5.74) is 4.11. The van der Waals surface area contributed by atoms with Gasteiger partial charge in [-0.25, -0.2) is 4.98 Å². The highest BCUT2D eigenvalue weighted by Crippen LogP contribution is 2.26. The molecule has 1 aromatic carbocycles. The molecule has 4 heterocycles. The second-order valence-corrected chi connectivity index (χ2v) is 8.92. The Kier molecular flexibility index (Phi) is 5.89. The lowest BCUT2D eigenvalue weighted by Gasteiger charge is -2.22. The summed E-state index contributed by atoms with van der Waals surface area (Å²) in [4.78, 5) is 33.2. The van der Waals surface area contributed by atoms with Gasteiger partial charge in [0.1, 0.15) is 11.4 Å². The monoisotopic (exact) mass is 497 g/mol. The van der Waals surface area contributed by atoms with Gasteiger partial charge in [0, 0.05) is 53.5 Å². The van der Waals surface area contributed by atoms with Crippen molar-refractivity contribution in [2.75, 3.05) is 5.32 Å². The first-order chi connectivity index (χ1) is 18.1. The maximum atomic E-state index is 13.0. The van der Waals surface area contributed by atoms with E-state index in [-0.39, 0.29) is 23.6 Å². The predicted octanol–water partition coefficient (Wildman–Crippen LogP) is 2.59. The van der Waals surface area contributed by atoms with E-state index in [0.29, 0.717) is 48.5 Å².